The highest BCUT2D eigenvalue weighted by molar-refractivity contribution is 7.09. The van der Waals surface area contributed by atoms with E-state index in [2.05, 4.69) is 9.36 Å². The molecule has 0 spiro atoms. The zero-order chi connectivity index (χ0) is 10.6. The second kappa shape index (κ2) is 4.90. The van der Waals surface area contributed by atoms with E-state index in [4.69, 9.17) is 5.11 Å². The van der Waals surface area contributed by atoms with Gasteiger partial charge in [-0.2, -0.15) is 4.37 Å². The van der Waals surface area contributed by atoms with Crippen LogP contribution < -0.4 is 4.90 Å². The Balaban J connectivity index is 2.67. The fourth-order valence-corrected chi connectivity index (χ4v) is 1.99. The van der Waals surface area contributed by atoms with Crippen molar-refractivity contribution in [1.29, 1.82) is 0 Å². The van der Waals surface area contributed by atoms with Gasteiger partial charge >= 0.3 is 5.97 Å². The van der Waals surface area contributed by atoms with Crippen molar-refractivity contribution in [2.75, 3.05) is 11.4 Å². The molecule has 1 atom stereocenters. The van der Waals surface area contributed by atoms with Gasteiger partial charge in [0.2, 0.25) is 5.13 Å². The summed E-state index contributed by atoms with van der Waals surface area (Å²) in [5.41, 5.74) is 0. The third-order valence-electron chi connectivity index (χ3n) is 1.94. The Morgan fingerprint density at radius 1 is 1.79 bits per heavy atom. The smallest absolute Gasteiger partial charge is 0.305 e. The summed E-state index contributed by atoms with van der Waals surface area (Å²) in [6.07, 6.45) is 1.60. The quantitative estimate of drug-likeness (QED) is 0.800. The van der Waals surface area contributed by atoms with Crippen LogP contribution in [-0.2, 0) is 4.79 Å². The number of aromatic nitrogens is 2. The van der Waals surface area contributed by atoms with E-state index >= 15 is 0 Å². The lowest BCUT2D eigenvalue weighted by Gasteiger charge is -2.25. The molecule has 78 valence electrons. The largest absolute Gasteiger partial charge is 0.481 e. The first-order valence-corrected chi connectivity index (χ1v) is 5.17. The van der Waals surface area contributed by atoms with Crippen LogP contribution in [0, 0.1) is 0 Å². The van der Waals surface area contributed by atoms with Crippen LogP contribution in [0.3, 0.4) is 0 Å². The molecule has 1 N–H and O–H groups in total. The molecule has 0 aliphatic carbocycles. The molecule has 0 bridgehead atoms. The normalized spacial score (nSPS) is 12.4. The Kier molecular flexibility index (Phi) is 3.82. The number of aliphatic carboxylic acids is 1. The van der Waals surface area contributed by atoms with E-state index in [0.717, 1.165) is 11.7 Å². The highest BCUT2D eigenvalue weighted by atomic mass is 32.1. The predicted octanol–water partition coefficient (Wildman–Crippen LogP) is 1.23. The number of rotatable bonds is 5. The third-order valence-corrected chi connectivity index (χ3v) is 2.64. The van der Waals surface area contributed by atoms with Crippen LogP contribution in [0.25, 0.3) is 0 Å². The van der Waals surface area contributed by atoms with Crippen molar-refractivity contribution in [3.63, 3.8) is 0 Å². The molecule has 1 aromatic heterocycles. The average molecular weight is 215 g/mol. The lowest BCUT2D eigenvalue weighted by atomic mass is 10.2. The molecule has 0 amide bonds. The fraction of sp³-hybridized carbons (Fsp3) is 0.625. The van der Waals surface area contributed by atoms with Crippen molar-refractivity contribution < 1.29 is 9.90 Å². The van der Waals surface area contributed by atoms with Crippen molar-refractivity contribution in [2.45, 2.75) is 26.3 Å². The van der Waals surface area contributed by atoms with Gasteiger partial charge in [0, 0.05) is 24.1 Å². The molecule has 5 nitrogen and oxygen atoms in total. The van der Waals surface area contributed by atoms with E-state index in [1.165, 1.54) is 17.9 Å². The maximum atomic E-state index is 10.5. The van der Waals surface area contributed by atoms with Gasteiger partial charge in [0.25, 0.3) is 0 Å². The number of anilines is 1. The first kappa shape index (κ1) is 10.9. The van der Waals surface area contributed by atoms with E-state index < -0.39 is 5.97 Å². The van der Waals surface area contributed by atoms with Gasteiger partial charge in [-0.15, -0.1) is 0 Å². The number of carboxylic acid groups (broad SMARTS) is 1. The topological polar surface area (TPSA) is 66.3 Å². The molecule has 0 saturated heterocycles. The number of carboxylic acids is 1. The van der Waals surface area contributed by atoms with E-state index in [-0.39, 0.29) is 12.5 Å². The Bertz CT molecular complexity index is 289. The molecule has 1 heterocycles. The molecule has 0 aromatic carbocycles. The van der Waals surface area contributed by atoms with E-state index in [1.807, 2.05) is 18.7 Å². The van der Waals surface area contributed by atoms with Gasteiger partial charge < -0.3 is 10.0 Å². The van der Waals surface area contributed by atoms with Gasteiger partial charge in [0.15, 0.2) is 0 Å². The van der Waals surface area contributed by atoms with Crippen LogP contribution in [-0.4, -0.2) is 33.0 Å². The van der Waals surface area contributed by atoms with Gasteiger partial charge in [-0.05, 0) is 13.8 Å². The van der Waals surface area contributed by atoms with Gasteiger partial charge in [-0.3, -0.25) is 4.79 Å². The van der Waals surface area contributed by atoms with Crippen LogP contribution in [0.15, 0.2) is 6.33 Å². The monoisotopic (exact) mass is 215 g/mol. The first-order valence-electron chi connectivity index (χ1n) is 4.40. The molecule has 6 heteroatoms. The lowest BCUT2D eigenvalue weighted by Crippen LogP contribution is -2.34. The Morgan fingerprint density at radius 3 is 2.93 bits per heavy atom. The molecular formula is C8H13N3O2S. The summed E-state index contributed by atoms with van der Waals surface area (Å²) in [5, 5.41) is 9.45. The van der Waals surface area contributed by atoms with Crippen LogP contribution in [0.1, 0.15) is 20.3 Å². The number of hydrogen-bond donors (Lipinski definition) is 1. The predicted molar refractivity (Wildman–Crippen MR) is 54.6 cm³/mol. The van der Waals surface area contributed by atoms with Gasteiger partial charge in [0.05, 0.1) is 6.42 Å². The minimum atomic E-state index is -0.791. The van der Waals surface area contributed by atoms with Crippen molar-refractivity contribution in [3.05, 3.63) is 6.33 Å². The Morgan fingerprint density at radius 2 is 2.50 bits per heavy atom. The molecule has 0 radical (unpaired) electrons. The van der Waals surface area contributed by atoms with Crippen molar-refractivity contribution in [3.8, 4) is 0 Å². The highest BCUT2D eigenvalue weighted by Gasteiger charge is 2.17. The van der Waals surface area contributed by atoms with Crippen LogP contribution in [0.2, 0.25) is 0 Å². The zero-order valence-corrected chi connectivity index (χ0v) is 8.99. The van der Waals surface area contributed by atoms with Crippen LogP contribution in [0.4, 0.5) is 5.13 Å². The van der Waals surface area contributed by atoms with E-state index in [9.17, 15) is 4.79 Å². The van der Waals surface area contributed by atoms with Gasteiger partial charge in [-0.1, -0.05) is 0 Å². The number of hydrogen-bond acceptors (Lipinski definition) is 5. The van der Waals surface area contributed by atoms with E-state index in [0.29, 0.717) is 0 Å². The Hall–Kier alpha value is -1.17. The summed E-state index contributed by atoms with van der Waals surface area (Å²) in [5.74, 6) is -0.791. The second-order valence-electron chi connectivity index (χ2n) is 2.96. The van der Waals surface area contributed by atoms with E-state index in [1.54, 1.807) is 0 Å². The fourth-order valence-electron chi connectivity index (χ4n) is 1.29. The maximum Gasteiger partial charge on any atom is 0.305 e. The molecule has 0 saturated carbocycles. The molecule has 0 fully saturated rings. The highest BCUT2D eigenvalue weighted by Crippen LogP contribution is 2.18. The summed E-state index contributed by atoms with van der Waals surface area (Å²) < 4.78 is 3.89. The number of nitrogens with zero attached hydrogens (tertiary/aromatic N) is 3. The first-order chi connectivity index (χ1) is 6.65. The SMILES string of the molecule is CCN(c1ncns1)C(C)CC(=O)O. The van der Waals surface area contributed by atoms with Crippen molar-refractivity contribution in [1.82, 2.24) is 9.36 Å². The Labute approximate surface area is 86.6 Å². The minimum Gasteiger partial charge on any atom is -0.481 e. The van der Waals surface area contributed by atoms with Crippen molar-refractivity contribution in [2.24, 2.45) is 0 Å². The summed E-state index contributed by atoms with van der Waals surface area (Å²) in [6, 6.07) is -0.0505. The minimum absolute atomic E-state index is 0.0505. The molecule has 1 rings (SSSR count). The molecule has 1 aromatic rings. The zero-order valence-electron chi connectivity index (χ0n) is 8.17. The third kappa shape index (κ3) is 2.66. The molecule has 14 heavy (non-hydrogen) atoms. The standard InChI is InChI=1S/C8H13N3O2S/c1-3-11(6(2)4-7(12)13)8-9-5-10-14-8/h5-6H,3-4H2,1-2H3,(H,12,13). The second-order valence-corrected chi connectivity index (χ2v) is 3.72. The lowest BCUT2D eigenvalue weighted by molar-refractivity contribution is -0.137. The van der Waals surface area contributed by atoms with Crippen LogP contribution >= 0.6 is 11.5 Å². The van der Waals surface area contributed by atoms with Gasteiger partial charge in [0.1, 0.15) is 6.33 Å². The molecule has 1 unspecified atom stereocenters. The number of carbonyl (C=O) groups is 1. The van der Waals surface area contributed by atoms with Gasteiger partial charge in [-0.25, -0.2) is 4.98 Å². The van der Waals surface area contributed by atoms with Crippen LogP contribution in [0.5, 0.6) is 0 Å². The molecule has 0 aliphatic rings. The average Bonchev–Trinajstić information content (AvgIpc) is 2.57. The van der Waals surface area contributed by atoms with Crippen molar-refractivity contribution >= 4 is 22.6 Å². The summed E-state index contributed by atoms with van der Waals surface area (Å²) in [6.45, 7) is 4.59. The molecule has 0 aliphatic heterocycles. The molecular weight excluding hydrogens is 202 g/mol. The summed E-state index contributed by atoms with van der Waals surface area (Å²) in [7, 11) is 0. The summed E-state index contributed by atoms with van der Waals surface area (Å²) in [4.78, 5) is 16.5. The maximum absolute atomic E-state index is 10.5. The summed E-state index contributed by atoms with van der Waals surface area (Å²) >= 11 is 1.28.